The van der Waals surface area contributed by atoms with Crippen LogP contribution in [0.1, 0.15) is 12.6 Å². The molecule has 0 saturated carbocycles. The summed E-state index contributed by atoms with van der Waals surface area (Å²) < 4.78 is 9.48. The lowest BCUT2D eigenvalue weighted by Gasteiger charge is -2.10. The maximum atomic E-state index is 5.46. The number of rotatable bonds is 6. The summed E-state index contributed by atoms with van der Waals surface area (Å²) >= 11 is 1.61. The summed E-state index contributed by atoms with van der Waals surface area (Å²) in [6.07, 6.45) is 5.67. The molecule has 0 aliphatic heterocycles. The largest absolute Gasteiger partial charge is 0.496 e. The number of ether oxygens (including phenoxy) is 1. The number of methoxy groups -OCH3 is 1. The average Bonchev–Trinajstić information content (AvgIpc) is 3.29. The van der Waals surface area contributed by atoms with E-state index < -0.39 is 0 Å². The number of thioether (sulfide) groups is 1. The monoisotopic (exact) mass is 366 g/mol. The molecule has 4 rings (SSSR count). The average molecular weight is 366 g/mol. The maximum absolute atomic E-state index is 5.46. The van der Waals surface area contributed by atoms with E-state index in [2.05, 4.69) is 31.7 Å². The highest BCUT2D eigenvalue weighted by molar-refractivity contribution is 7.98. The second-order valence-electron chi connectivity index (χ2n) is 5.60. The molecule has 0 saturated heterocycles. The molecule has 0 fully saturated rings. The molecule has 0 atom stereocenters. The number of para-hydroxylation sites is 1. The van der Waals surface area contributed by atoms with Gasteiger partial charge in [0.1, 0.15) is 5.75 Å². The normalized spacial score (nSPS) is 11.2. The van der Waals surface area contributed by atoms with Crippen molar-refractivity contribution in [3.05, 3.63) is 54.6 Å². The number of imidazole rings is 1. The summed E-state index contributed by atoms with van der Waals surface area (Å²) in [5.74, 6) is 3.00. The Kier molecular flexibility index (Phi) is 4.57. The summed E-state index contributed by atoms with van der Waals surface area (Å²) in [6.45, 7) is 2.86. The van der Waals surface area contributed by atoms with Crippen LogP contribution in [0.2, 0.25) is 0 Å². The Morgan fingerprint density at radius 2 is 2.04 bits per heavy atom. The van der Waals surface area contributed by atoms with Crippen LogP contribution in [0.5, 0.6) is 5.75 Å². The van der Waals surface area contributed by atoms with Crippen molar-refractivity contribution in [1.29, 1.82) is 0 Å². The highest BCUT2D eigenvalue weighted by Crippen LogP contribution is 2.31. The summed E-state index contributed by atoms with van der Waals surface area (Å²) in [4.78, 5) is 8.78. The van der Waals surface area contributed by atoms with Gasteiger partial charge in [0.2, 0.25) is 5.78 Å². The van der Waals surface area contributed by atoms with Crippen LogP contribution in [-0.2, 0) is 12.3 Å². The Bertz CT molecular complexity index is 1010. The number of fused-ring (bicyclic) bond motifs is 1. The van der Waals surface area contributed by atoms with Crippen molar-refractivity contribution >= 4 is 17.5 Å². The summed E-state index contributed by atoms with van der Waals surface area (Å²) in [7, 11) is 1.67. The molecule has 8 heteroatoms. The molecule has 0 unspecified atom stereocenters. The summed E-state index contributed by atoms with van der Waals surface area (Å²) in [6, 6.07) is 9.74. The summed E-state index contributed by atoms with van der Waals surface area (Å²) in [5, 5.41) is 9.63. The molecule has 0 aliphatic carbocycles. The van der Waals surface area contributed by atoms with Gasteiger partial charge in [-0.25, -0.2) is 9.97 Å². The highest BCUT2D eigenvalue weighted by Gasteiger charge is 2.16. The second-order valence-corrected chi connectivity index (χ2v) is 6.54. The van der Waals surface area contributed by atoms with E-state index in [1.54, 1.807) is 25.1 Å². The van der Waals surface area contributed by atoms with Crippen LogP contribution in [0, 0.1) is 0 Å². The quantitative estimate of drug-likeness (QED) is 0.488. The molecule has 7 nitrogen and oxygen atoms in total. The first-order valence-corrected chi connectivity index (χ1v) is 9.26. The molecule has 132 valence electrons. The van der Waals surface area contributed by atoms with Gasteiger partial charge in [-0.2, -0.15) is 0 Å². The molecule has 0 bridgehead atoms. The second kappa shape index (κ2) is 7.17. The Hall–Kier alpha value is -2.87. The molecule has 26 heavy (non-hydrogen) atoms. The highest BCUT2D eigenvalue weighted by atomic mass is 32.2. The third kappa shape index (κ3) is 3.03. The van der Waals surface area contributed by atoms with Crippen molar-refractivity contribution in [3.8, 4) is 17.1 Å². The van der Waals surface area contributed by atoms with E-state index >= 15 is 0 Å². The number of hydrogen-bond acceptors (Lipinski definition) is 6. The number of hydrogen-bond donors (Lipinski definition) is 0. The van der Waals surface area contributed by atoms with Crippen molar-refractivity contribution in [1.82, 2.24) is 29.1 Å². The Morgan fingerprint density at radius 3 is 2.85 bits per heavy atom. The molecule has 3 aromatic heterocycles. The van der Waals surface area contributed by atoms with E-state index in [4.69, 9.17) is 4.74 Å². The fraction of sp³-hybridized carbons (Fsp3) is 0.222. The standard InChI is InChI=1S/C18H18N6OS/c1-3-24-16(14-7-4-5-8-15(14)25-2)21-22-18(24)26-12-13-11-23-10-6-9-19-17(23)20-13/h4-11H,3,12H2,1-2H3. The molecule has 3 heterocycles. The van der Waals surface area contributed by atoms with Gasteiger partial charge in [0, 0.05) is 30.9 Å². The topological polar surface area (TPSA) is 70.1 Å². The van der Waals surface area contributed by atoms with Crippen LogP contribution in [-0.4, -0.2) is 36.2 Å². The molecule has 1 aromatic carbocycles. The minimum Gasteiger partial charge on any atom is -0.496 e. The number of aromatic nitrogens is 6. The SMILES string of the molecule is CCn1c(SCc2cn3cccnc3n2)nnc1-c1ccccc1OC. The van der Waals surface area contributed by atoms with Crippen LogP contribution in [0.3, 0.4) is 0 Å². The Morgan fingerprint density at radius 1 is 1.15 bits per heavy atom. The van der Waals surface area contributed by atoms with Gasteiger partial charge in [-0.05, 0) is 25.1 Å². The van der Waals surface area contributed by atoms with E-state index in [0.717, 1.165) is 34.5 Å². The number of nitrogens with zero attached hydrogens (tertiary/aromatic N) is 6. The third-order valence-electron chi connectivity index (χ3n) is 4.02. The first-order chi connectivity index (χ1) is 12.8. The first-order valence-electron chi connectivity index (χ1n) is 8.28. The minimum atomic E-state index is 0.702. The van der Waals surface area contributed by atoms with Crippen molar-refractivity contribution in [2.24, 2.45) is 0 Å². The first kappa shape index (κ1) is 16.6. The van der Waals surface area contributed by atoms with Crippen LogP contribution in [0.4, 0.5) is 0 Å². The van der Waals surface area contributed by atoms with Crippen LogP contribution >= 0.6 is 11.8 Å². The van der Waals surface area contributed by atoms with Gasteiger partial charge in [-0.1, -0.05) is 23.9 Å². The number of benzene rings is 1. The van der Waals surface area contributed by atoms with Gasteiger partial charge in [0.15, 0.2) is 11.0 Å². The third-order valence-corrected chi connectivity index (χ3v) is 5.02. The zero-order chi connectivity index (χ0) is 17.9. The molecule has 4 aromatic rings. The molecule has 0 N–H and O–H groups in total. The summed E-state index contributed by atoms with van der Waals surface area (Å²) in [5.41, 5.74) is 1.89. The zero-order valence-corrected chi connectivity index (χ0v) is 15.3. The molecule has 0 spiro atoms. The lowest BCUT2D eigenvalue weighted by molar-refractivity contribution is 0.416. The lowest BCUT2D eigenvalue weighted by Crippen LogP contribution is -2.01. The van der Waals surface area contributed by atoms with E-state index in [0.29, 0.717) is 11.5 Å². The fourth-order valence-electron chi connectivity index (χ4n) is 2.80. The molecular weight excluding hydrogens is 348 g/mol. The molecule has 0 amide bonds. The van der Waals surface area contributed by atoms with Gasteiger partial charge >= 0.3 is 0 Å². The predicted octanol–water partition coefficient (Wildman–Crippen LogP) is 3.31. The van der Waals surface area contributed by atoms with Crippen molar-refractivity contribution in [2.45, 2.75) is 24.4 Å². The van der Waals surface area contributed by atoms with Crippen LogP contribution < -0.4 is 4.74 Å². The lowest BCUT2D eigenvalue weighted by atomic mass is 10.2. The van der Waals surface area contributed by atoms with Gasteiger partial charge in [-0.3, -0.25) is 4.40 Å². The fourth-order valence-corrected chi connectivity index (χ4v) is 3.68. The maximum Gasteiger partial charge on any atom is 0.233 e. The zero-order valence-electron chi connectivity index (χ0n) is 14.5. The van der Waals surface area contributed by atoms with Crippen LogP contribution in [0.25, 0.3) is 17.2 Å². The van der Waals surface area contributed by atoms with Gasteiger partial charge in [-0.15, -0.1) is 10.2 Å². The minimum absolute atomic E-state index is 0.702. The van der Waals surface area contributed by atoms with Gasteiger partial charge in [0.05, 0.1) is 18.4 Å². The predicted molar refractivity (Wildman–Crippen MR) is 100 cm³/mol. The molecular formula is C18H18N6OS. The smallest absolute Gasteiger partial charge is 0.233 e. The van der Waals surface area contributed by atoms with E-state index in [-0.39, 0.29) is 0 Å². The van der Waals surface area contributed by atoms with E-state index in [9.17, 15) is 0 Å². The van der Waals surface area contributed by atoms with Gasteiger partial charge < -0.3 is 9.30 Å². The Labute approximate surface area is 155 Å². The molecule has 0 aliphatic rings. The van der Waals surface area contributed by atoms with Crippen LogP contribution in [0.15, 0.2) is 54.1 Å². The van der Waals surface area contributed by atoms with E-state index in [1.165, 1.54) is 0 Å². The van der Waals surface area contributed by atoms with Gasteiger partial charge in [0.25, 0.3) is 0 Å². The van der Waals surface area contributed by atoms with E-state index in [1.807, 2.05) is 47.1 Å². The van der Waals surface area contributed by atoms with Crippen molar-refractivity contribution in [3.63, 3.8) is 0 Å². The van der Waals surface area contributed by atoms with Crippen molar-refractivity contribution in [2.75, 3.05) is 7.11 Å². The van der Waals surface area contributed by atoms with Crippen molar-refractivity contribution < 1.29 is 4.74 Å². The Balaban J connectivity index is 1.60. The molecule has 0 radical (unpaired) electrons.